The average Bonchev–Trinajstić information content (AvgIpc) is 3.40. The Morgan fingerprint density at radius 3 is 2.17 bits per heavy atom. The Kier molecular flexibility index (Phi) is 4.00. The van der Waals surface area contributed by atoms with E-state index in [9.17, 15) is 13.2 Å². The molecule has 2 saturated heterocycles. The summed E-state index contributed by atoms with van der Waals surface area (Å²) in [4.78, 5) is 14.7. The first-order valence-corrected chi connectivity index (χ1v) is 10.8. The maximum atomic E-state index is 12.4. The van der Waals surface area contributed by atoms with Crippen molar-refractivity contribution in [1.82, 2.24) is 10.2 Å². The number of carbonyl (C=O) groups is 1. The number of rotatable bonds is 5. The Balaban J connectivity index is 1.45. The molecule has 0 aromatic carbocycles. The second-order valence-electron chi connectivity index (χ2n) is 7.70. The molecule has 1 N–H and O–H groups in total. The second-order valence-corrected chi connectivity index (χ2v) is 9.85. The van der Waals surface area contributed by atoms with Crippen LogP contribution in [0.4, 0.5) is 0 Å². The second kappa shape index (κ2) is 5.88. The lowest BCUT2D eigenvalue weighted by Crippen LogP contribution is -2.50. The van der Waals surface area contributed by atoms with Crippen molar-refractivity contribution in [3.63, 3.8) is 0 Å². The first-order chi connectivity index (χ1) is 11.0. The van der Waals surface area contributed by atoms with Gasteiger partial charge in [-0.25, -0.2) is 8.42 Å². The number of carbonyl (C=O) groups excluding carboxylic acids is 1. The molecule has 4 rings (SSSR count). The fourth-order valence-corrected chi connectivity index (χ4v) is 6.13. The van der Waals surface area contributed by atoms with Crippen LogP contribution < -0.4 is 5.32 Å². The largest absolute Gasteiger partial charge is 0.347 e. The smallest absolute Gasteiger partial charge is 0.244 e. The molecule has 4 fully saturated rings. The maximum absolute atomic E-state index is 12.4. The van der Waals surface area contributed by atoms with E-state index in [1.54, 1.807) is 6.08 Å². The molecule has 5 nitrogen and oxygen atoms in total. The van der Waals surface area contributed by atoms with Crippen LogP contribution in [0.3, 0.4) is 0 Å². The molecule has 0 unspecified atom stereocenters. The molecule has 1 amide bonds. The zero-order valence-corrected chi connectivity index (χ0v) is 14.4. The van der Waals surface area contributed by atoms with Gasteiger partial charge in [-0.05, 0) is 63.5 Å². The van der Waals surface area contributed by atoms with E-state index >= 15 is 0 Å². The number of hydrogen-bond acceptors (Lipinski definition) is 4. The van der Waals surface area contributed by atoms with Gasteiger partial charge in [0.25, 0.3) is 0 Å². The molecule has 0 radical (unpaired) electrons. The van der Waals surface area contributed by atoms with E-state index in [1.807, 2.05) is 0 Å². The van der Waals surface area contributed by atoms with Crippen LogP contribution in [0.25, 0.3) is 0 Å². The Morgan fingerprint density at radius 1 is 1.00 bits per heavy atom. The van der Waals surface area contributed by atoms with Crippen molar-refractivity contribution in [2.75, 3.05) is 24.6 Å². The molecule has 0 bridgehead atoms. The van der Waals surface area contributed by atoms with Crippen LogP contribution in [0, 0.1) is 11.8 Å². The van der Waals surface area contributed by atoms with Gasteiger partial charge in [-0.15, -0.1) is 0 Å². The third kappa shape index (κ3) is 3.63. The highest BCUT2D eigenvalue weighted by atomic mass is 32.2. The minimum absolute atomic E-state index is 0.0369. The van der Waals surface area contributed by atoms with Gasteiger partial charge in [-0.1, -0.05) is 5.57 Å². The number of allylic oxidation sites excluding steroid dienone is 1. The lowest BCUT2D eigenvalue weighted by Gasteiger charge is -2.28. The van der Waals surface area contributed by atoms with Crippen molar-refractivity contribution in [2.45, 2.75) is 50.6 Å². The quantitative estimate of drug-likeness (QED) is 0.763. The van der Waals surface area contributed by atoms with E-state index < -0.39 is 9.84 Å². The SMILES string of the molecule is O=C(C=C(C1CC1)C1CC1)N[C@H]1CS(=O)(=O)C[C@H]1N1CCCC1. The van der Waals surface area contributed by atoms with Gasteiger partial charge >= 0.3 is 0 Å². The molecule has 2 heterocycles. The molecular formula is C17H26N2O3S. The number of nitrogens with one attached hydrogen (secondary N) is 1. The summed E-state index contributed by atoms with van der Waals surface area (Å²) in [5.74, 6) is 1.45. The molecule has 23 heavy (non-hydrogen) atoms. The summed E-state index contributed by atoms with van der Waals surface area (Å²) in [6, 6.07) is -0.286. The topological polar surface area (TPSA) is 66.5 Å². The van der Waals surface area contributed by atoms with E-state index in [-0.39, 0.29) is 29.5 Å². The van der Waals surface area contributed by atoms with Gasteiger partial charge in [-0.2, -0.15) is 0 Å². The predicted octanol–water partition coefficient (Wildman–Crippen LogP) is 1.11. The minimum Gasteiger partial charge on any atom is -0.347 e. The van der Waals surface area contributed by atoms with Gasteiger partial charge in [0.1, 0.15) is 0 Å². The molecule has 0 aromatic heterocycles. The molecular weight excluding hydrogens is 312 g/mol. The molecule has 4 aliphatic rings. The Labute approximate surface area is 138 Å². The highest BCUT2D eigenvalue weighted by molar-refractivity contribution is 7.91. The number of likely N-dealkylation sites (tertiary alicyclic amines) is 1. The van der Waals surface area contributed by atoms with Crippen LogP contribution in [0.1, 0.15) is 38.5 Å². The lowest BCUT2D eigenvalue weighted by molar-refractivity contribution is -0.117. The van der Waals surface area contributed by atoms with Crippen LogP contribution in [0.2, 0.25) is 0 Å². The molecule has 6 heteroatoms. The Bertz CT molecular complexity index is 600. The molecule has 128 valence electrons. The summed E-state index contributed by atoms with van der Waals surface area (Å²) in [6.45, 7) is 1.91. The van der Waals surface area contributed by atoms with Gasteiger partial charge in [0, 0.05) is 12.1 Å². The van der Waals surface area contributed by atoms with Gasteiger partial charge in [0.15, 0.2) is 9.84 Å². The summed E-state index contributed by atoms with van der Waals surface area (Å²) >= 11 is 0. The van der Waals surface area contributed by atoms with E-state index in [0.717, 1.165) is 25.9 Å². The Morgan fingerprint density at radius 2 is 1.61 bits per heavy atom. The van der Waals surface area contributed by atoms with Crippen LogP contribution in [-0.2, 0) is 14.6 Å². The highest BCUT2D eigenvalue weighted by Crippen LogP contribution is 2.48. The molecule has 2 atom stereocenters. The standard InChI is InChI=1S/C17H26N2O3S/c20-17(9-14(12-3-4-12)13-5-6-13)18-15-10-23(21,22)11-16(15)19-7-1-2-8-19/h9,12-13,15-16H,1-8,10-11H2,(H,18,20)/t15-,16+/m0/s1. The van der Waals surface area contributed by atoms with E-state index in [1.165, 1.54) is 31.3 Å². The number of amides is 1. The number of sulfone groups is 1. The summed E-state index contributed by atoms with van der Waals surface area (Å²) in [5.41, 5.74) is 1.32. The summed E-state index contributed by atoms with van der Waals surface area (Å²) < 4.78 is 24.1. The predicted molar refractivity (Wildman–Crippen MR) is 88.7 cm³/mol. The van der Waals surface area contributed by atoms with Crippen molar-refractivity contribution >= 4 is 15.7 Å². The third-order valence-electron chi connectivity index (χ3n) is 5.66. The van der Waals surface area contributed by atoms with Crippen molar-refractivity contribution < 1.29 is 13.2 Å². The first kappa shape index (κ1) is 15.6. The fraction of sp³-hybridized carbons (Fsp3) is 0.824. The summed E-state index contributed by atoms with van der Waals surface area (Å²) in [6.07, 6.45) is 8.90. The van der Waals surface area contributed by atoms with Crippen molar-refractivity contribution in [3.8, 4) is 0 Å². The minimum atomic E-state index is -3.04. The van der Waals surface area contributed by atoms with Crippen LogP contribution in [0.5, 0.6) is 0 Å². The van der Waals surface area contributed by atoms with E-state index in [4.69, 9.17) is 0 Å². The summed E-state index contributed by atoms with van der Waals surface area (Å²) in [7, 11) is -3.04. The van der Waals surface area contributed by atoms with Gasteiger partial charge in [-0.3, -0.25) is 9.69 Å². The van der Waals surface area contributed by atoms with Crippen LogP contribution in [0.15, 0.2) is 11.6 Å². The molecule has 0 spiro atoms. The highest BCUT2D eigenvalue weighted by Gasteiger charge is 2.42. The molecule has 2 aliphatic heterocycles. The van der Waals surface area contributed by atoms with Gasteiger partial charge < -0.3 is 5.32 Å². The normalized spacial score (nSPS) is 33.6. The third-order valence-corrected chi connectivity index (χ3v) is 7.37. The van der Waals surface area contributed by atoms with Crippen molar-refractivity contribution in [3.05, 3.63) is 11.6 Å². The molecule has 0 aromatic rings. The van der Waals surface area contributed by atoms with E-state index in [0.29, 0.717) is 11.8 Å². The molecule has 2 aliphatic carbocycles. The zero-order chi connectivity index (χ0) is 16.0. The monoisotopic (exact) mass is 338 g/mol. The van der Waals surface area contributed by atoms with Crippen molar-refractivity contribution in [2.24, 2.45) is 11.8 Å². The maximum Gasteiger partial charge on any atom is 0.244 e. The van der Waals surface area contributed by atoms with Crippen LogP contribution in [-0.4, -0.2) is 55.9 Å². The van der Waals surface area contributed by atoms with E-state index in [2.05, 4.69) is 10.2 Å². The van der Waals surface area contributed by atoms with Gasteiger partial charge in [0.2, 0.25) is 5.91 Å². The van der Waals surface area contributed by atoms with Gasteiger partial charge in [0.05, 0.1) is 17.5 Å². The summed E-state index contributed by atoms with van der Waals surface area (Å²) in [5, 5.41) is 3.02. The van der Waals surface area contributed by atoms with Crippen LogP contribution >= 0.6 is 0 Å². The fourth-order valence-electron chi connectivity index (χ4n) is 4.18. The average molecular weight is 338 g/mol. The zero-order valence-electron chi connectivity index (χ0n) is 13.5. The van der Waals surface area contributed by atoms with Crippen molar-refractivity contribution in [1.29, 1.82) is 0 Å². The number of nitrogens with zero attached hydrogens (tertiary/aromatic N) is 1. The lowest BCUT2D eigenvalue weighted by atomic mass is 10.1. The number of hydrogen-bond donors (Lipinski definition) is 1. The Hall–Kier alpha value is -0.880. The first-order valence-electron chi connectivity index (χ1n) is 8.98. The molecule has 2 saturated carbocycles.